The van der Waals surface area contributed by atoms with E-state index in [1.807, 2.05) is 0 Å². The number of amides is 1. The number of hydrogen-bond donors (Lipinski definition) is 1. The molecule has 0 saturated heterocycles. The van der Waals surface area contributed by atoms with E-state index in [4.69, 9.17) is 0 Å². The van der Waals surface area contributed by atoms with E-state index < -0.39 is 4.92 Å². The SMILES string of the molecule is Cc1cc(NC(=O)C(C)C)ccc1[N+](=O)[O-]. The van der Waals surface area contributed by atoms with Crippen molar-refractivity contribution >= 4 is 17.3 Å². The second-order valence-corrected chi connectivity index (χ2v) is 3.90. The maximum atomic E-state index is 11.4. The largest absolute Gasteiger partial charge is 0.326 e. The Hall–Kier alpha value is -1.91. The zero-order chi connectivity index (χ0) is 12.3. The third kappa shape index (κ3) is 2.79. The maximum Gasteiger partial charge on any atom is 0.272 e. The Balaban J connectivity index is 2.90. The third-order valence-corrected chi connectivity index (χ3v) is 2.19. The lowest BCUT2D eigenvalue weighted by Gasteiger charge is -2.08. The Labute approximate surface area is 93.6 Å². The molecule has 0 heterocycles. The molecule has 1 aromatic carbocycles. The van der Waals surface area contributed by atoms with Crippen LogP contribution in [0.1, 0.15) is 19.4 Å². The first kappa shape index (κ1) is 12.2. The van der Waals surface area contributed by atoms with Gasteiger partial charge in [-0.05, 0) is 19.1 Å². The van der Waals surface area contributed by atoms with Gasteiger partial charge in [0.05, 0.1) is 4.92 Å². The van der Waals surface area contributed by atoms with Crippen LogP contribution in [0.5, 0.6) is 0 Å². The van der Waals surface area contributed by atoms with Gasteiger partial charge in [0.25, 0.3) is 5.69 Å². The summed E-state index contributed by atoms with van der Waals surface area (Å²) in [6, 6.07) is 4.52. The van der Waals surface area contributed by atoms with E-state index >= 15 is 0 Å². The summed E-state index contributed by atoms with van der Waals surface area (Å²) < 4.78 is 0. The number of aryl methyl sites for hydroxylation is 1. The Morgan fingerprint density at radius 2 is 2.06 bits per heavy atom. The fraction of sp³-hybridized carbons (Fsp3) is 0.364. The maximum absolute atomic E-state index is 11.4. The fourth-order valence-corrected chi connectivity index (χ4v) is 1.22. The van der Waals surface area contributed by atoms with Crippen molar-refractivity contribution in [2.45, 2.75) is 20.8 Å². The van der Waals surface area contributed by atoms with E-state index in [9.17, 15) is 14.9 Å². The monoisotopic (exact) mass is 222 g/mol. The number of anilines is 1. The minimum atomic E-state index is -0.441. The van der Waals surface area contributed by atoms with E-state index in [0.29, 0.717) is 11.3 Å². The van der Waals surface area contributed by atoms with Crippen LogP contribution in [0, 0.1) is 23.0 Å². The number of benzene rings is 1. The second kappa shape index (κ2) is 4.74. The van der Waals surface area contributed by atoms with Crippen molar-refractivity contribution in [3.8, 4) is 0 Å². The number of nitro benzene ring substituents is 1. The minimum Gasteiger partial charge on any atom is -0.326 e. The molecule has 0 atom stereocenters. The number of carbonyl (C=O) groups is 1. The van der Waals surface area contributed by atoms with Crippen LogP contribution in [0.25, 0.3) is 0 Å². The highest BCUT2D eigenvalue weighted by Gasteiger charge is 2.12. The van der Waals surface area contributed by atoms with Crippen LogP contribution in [0.2, 0.25) is 0 Å². The van der Waals surface area contributed by atoms with Crippen molar-refractivity contribution in [2.75, 3.05) is 5.32 Å². The summed E-state index contributed by atoms with van der Waals surface area (Å²) in [7, 11) is 0. The van der Waals surface area contributed by atoms with Crippen LogP contribution in [0.4, 0.5) is 11.4 Å². The van der Waals surface area contributed by atoms with Crippen LogP contribution >= 0.6 is 0 Å². The predicted molar refractivity (Wildman–Crippen MR) is 61.3 cm³/mol. The molecule has 16 heavy (non-hydrogen) atoms. The van der Waals surface area contributed by atoms with Gasteiger partial charge in [0.2, 0.25) is 5.91 Å². The molecule has 5 heteroatoms. The summed E-state index contributed by atoms with van der Waals surface area (Å²) in [5.41, 5.74) is 1.18. The van der Waals surface area contributed by atoms with Crippen LogP contribution in [-0.4, -0.2) is 10.8 Å². The molecule has 1 amide bonds. The van der Waals surface area contributed by atoms with Crippen molar-refractivity contribution in [3.05, 3.63) is 33.9 Å². The van der Waals surface area contributed by atoms with Gasteiger partial charge in [-0.2, -0.15) is 0 Å². The first-order valence-electron chi connectivity index (χ1n) is 4.97. The molecule has 1 aromatic rings. The summed E-state index contributed by atoms with van der Waals surface area (Å²) in [5.74, 6) is -0.219. The molecule has 0 aliphatic carbocycles. The lowest BCUT2D eigenvalue weighted by molar-refractivity contribution is -0.385. The van der Waals surface area contributed by atoms with Gasteiger partial charge in [0, 0.05) is 23.2 Å². The standard InChI is InChI=1S/C11H14N2O3/c1-7(2)11(14)12-9-4-5-10(13(15)16)8(3)6-9/h4-7H,1-3H3,(H,12,14). The molecule has 1 N–H and O–H groups in total. The van der Waals surface area contributed by atoms with Gasteiger partial charge >= 0.3 is 0 Å². The van der Waals surface area contributed by atoms with Crippen LogP contribution in [-0.2, 0) is 4.79 Å². The average Bonchev–Trinajstić information content (AvgIpc) is 2.16. The Kier molecular flexibility index (Phi) is 3.60. The highest BCUT2D eigenvalue weighted by Crippen LogP contribution is 2.21. The molecular weight excluding hydrogens is 208 g/mol. The smallest absolute Gasteiger partial charge is 0.272 e. The van der Waals surface area contributed by atoms with Gasteiger partial charge in [-0.25, -0.2) is 0 Å². The van der Waals surface area contributed by atoms with Gasteiger partial charge in [0.15, 0.2) is 0 Å². The predicted octanol–water partition coefficient (Wildman–Crippen LogP) is 2.50. The molecule has 0 aromatic heterocycles. The van der Waals surface area contributed by atoms with Gasteiger partial charge in [-0.15, -0.1) is 0 Å². The molecule has 5 nitrogen and oxygen atoms in total. The van der Waals surface area contributed by atoms with Crippen LogP contribution in [0.15, 0.2) is 18.2 Å². The van der Waals surface area contributed by atoms with E-state index in [1.54, 1.807) is 26.8 Å². The van der Waals surface area contributed by atoms with E-state index in [-0.39, 0.29) is 17.5 Å². The quantitative estimate of drug-likeness (QED) is 0.630. The Bertz CT molecular complexity index is 427. The summed E-state index contributed by atoms with van der Waals surface area (Å²) in [6.45, 7) is 5.21. The molecule has 0 radical (unpaired) electrons. The molecule has 0 spiro atoms. The fourth-order valence-electron chi connectivity index (χ4n) is 1.22. The average molecular weight is 222 g/mol. The topological polar surface area (TPSA) is 72.2 Å². The minimum absolute atomic E-state index is 0.0579. The normalized spacial score (nSPS) is 10.2. The third-order valence-electron chi connectivity index (χ3n) is 2.19. The summed E-state index contributed by atoms with van der Waals surface area (Å²) >= 11 is 0. The number of nitrogens with zero attached hydrogens (tertiary/aromatic N) is 1. The molecule has 0 unspecified atom stereocenters. The van der Waals surface area contributed by atoms with E-state index in [0.717, 1.165) is 0 Å². The summed E-state index contributed by atoms with van der Waals surface area (Å²) in [4.78, 5) is 21.5. The molecule has 86 valence electrons. The van der Waals surface area contributed by atoms with Crippen molar-refractivity contribution in [1.29, 1.82) is 0 Å². The summed E-state index contributed by atoms with van der Waals surface area (Å²) in [6.07, 6.45) is 0. The number of rotatable bonds is 3. The van der Waals surface area contributed by atoms with Crippen LogP contribution in [0.3, 0.4) is 0 Å². The molecule has 0 aliphatic rings. The Morgan fingerprint density at radius 3 is 2.50 bits per heavy atom. The van der Waals surface area contributed by atoms with Crippen LogP contribution < -0.4 is 5.32 Å². The zero-order valence-electron chi connectivity index (χ0n) is 9.48. The molecule has 0 bridgehead atoms. The van der Waals surface area contributed by atoms with Gasteiger partial charge in [-0.3, -0.25) is 14.9 Å². The van der Waals surface area contributed by atoms with Gasteiger partial charge in [0.1, 0.15) is 0 Å². The number of nitro groups is 1. The number of hydrogen-bond acceptors (Lipinski definition) is 3. The highest BCUT2D eigenvalue weighted by atomic mass is 16.6. The van der Waals surface area contributed by atoms with Gasteiger partial charge in [-0.1, -0.05) is 13.8 Å². The molecule has 0 fully saturated rings. The molecule has 1 rings (SSSR count). The highest BCUT2D eigenvalue weighted by molar-refractivity contribution is 5.92. The van der Waals surface area contributed by atoms with Crippen molar-refractivity contribution in [1.82, 2.24) is 0 Å². The number of nitrogens with one attached hydrogen (secondary N) is 1. The van der Waals surface area contributed by atoms with Crippen molar-refractivity contribution in [3.63, 3.8) is 0 Å². The molecule has 0 saturated carbocycles. The molecular formula is C11H14N2O3. The Morgan fingerprint density at radius 1 is 1.44 bits per heavy atom. The number of carbonyl (C=O) groups excluding carboxylic acids is 1. The molecule has 0 aliphatic heterocycles. The van der Waals surface area contributed by atoms with Gasteiger partial charge < -0.3 is 5.32 Å². The van der Waals surface area contributed by atoms with Crippen molar-refractivity contribution < 1.29 is 9.72 Å². The second-order valence-electron chi connectivity index (χ2n) is 3.90. The first-order valence-corrected chi connectivity index (χ1v) is 4.97. The lowest BCUT2D eigenvalue weighted by atomic mass is 10.1. The zero-order valence-corrected chi connectivity index (χ0v) is 9.48. The summed E-state index contributed by atoms with van der Waals surface area (Å²) in [5, 5.41) is 13.3. The van der Waals surface area contributed by atoms with E-state index in [2.05, 4.69) is 5.32 Å². The lowest BCUT2D eigenvalue weighted by Crippen LogP contribution is -2.17. The van der Waals surface area contributed by atoms with E-state index in [1.165, 1.54) is 12.1 Å². The van der Waals surface area contributed by atoms with Crippen molar-refractivity contribution in [2.24, 2.45) is 5.92 Å². The first-order chi connectivity index (χ1) is 7.41.